The summed E-state index contributed by atoms with van der Waals surface area (Å²) in [7, 11) is -0.837. The van der Waals surface area contributed by atoms with Gasteiger partial charge in [-0.3, -0.25) is 4.79 Å². The van der Waals surface area contributed by atoms with Gasteiger partial charge >= 0.3 is 31.2 Å². The van der Waals surface area contributed by atoms with Crippen LogP contribution in [0, 0.1) is 13.8 Å². The van der Waals surface area contributed by atoms with Gasteiger partial charge in [-0.1, -0.05) is 29.8 Å². The van der Waals surface area contributed by atoms with Crippen molar-refractivity contribution in [3.63, 3.8) is 0 Å². The van der Waals surface area contributed by atoms with Crippen LogP contribution in [0.25, 0.3) is 0 Å². The minimum absolute atomic E-state index is 0. The first-order valence-corrected chi connectivity index (χ1v) is 8.07. The predicted molar refractivity (Wildman–Crippen MR) is 85.8 cm³/mol. The van der Waals surface area contributed by atoms with E-state index in [9.17, 15) is 31.1 Å². The zero-order chi connectivity index (χ0) is 19.0. The smallest absolute Gasteiger partial charge is 1.00 e. The largest absolute Gasteiger partial charge is 1.00 e. The normalized spacial score (nSPS) is 12.3. The van der Waals surface area contributed by atoms with Gasteiger partial charge < -0.3 is 1.43 Å². The molecule has 0 spiro atoms. The second-order valence-corrected chi connectivity index (χ2v) is 6.74. The number of benzene rings is 2. The molecule has 0 aliphatic carbocycles. The fourth-order valence-corrected chi connectivity index (χ4v) is 3.54. The Hall–Kier alpha value is -1.28. The van der Waals surface area contributed by atoms with Crippen LogP contribution in [-0.2, 0) is 12.4 Å². The SMILES string of the molecule is Cc1ccc(C)c(PC(=O)c2c(C(F)(F)F)cccc2C(F)(F)F)c1.[H-].[Li+]. The molecule has 0 bridgehead atoms. The summed E-state index contributed by atoms with van der Waals surface area (Å²) in [6.45, 7) is 3.37. The van der Waals surface area contributed by atoms with Gasteiger partial charge in [0.25, 0.3) is 0 Å². The molecule has 1 atom stereocenters. The summed E-state index contributed by atoms with van der Waals surface area (Å²) in [5.74, 6) is 0. The van der Waals surface area contributed by atoms with Crippen molar-refractivity contribution >= 4 is 19.4 Å². The number of alkyl halides is 6. The molecule has 0 fully saturated rings. The van der Waals surface area contributed by atoms with Crippen molar-refractivity contribution in [2.45, 2.75) is 26.2 Å². The van der Waals surface area contributed by atoms with Gasteiger partial charge in [-0.25, -0.2) is 0 Å². The number of aryl methyl sites for hydroxylation is 2. The maximum atomic E-state index is 13.1. The van der Waals surface area contributed by atoms with Crippen LogP contribution in [0.2, 0.25) is 0 Å². The fraction of sp³-hybridized carbons (Fsp3) is 0.235. The first-order valence-electron chi connectivity index (χ1n) is 7.07. The Balaban J connectivity index is 0.00000338. The summed E-state index contributed by atoms with van der Waals surface area (Å²) in [4.78, 5) is 12.4. The fourth-order valence-electron chi connectivity index (χ4n) is 2.32. The molecule has 0 heterocycles. The Morgan fingerprint density at radius 3 is 1.88 bits per heavy atom. The summed E-state index contributed by atoms with van der Waals surface area (Å²) in [6, 6.07) is 6.66. The maximum Gasteiger partial charge on any atom is 1.00 e. The Labute approximate surface area is 161 Å². The molecule has 0 aliphatic heterocycles. The molecule has 9 heteroatoms. The van der Waals surface area contributed by atoms with Crippen LogP contribution < -0.4 is 24.2 Å². The zero-order valence-corrected chi connectivity index (χ0v) is 15.1. The van der Waals surface area contributed by atoms with E-state index in [0.717, 1.165) is 5.56 Å². The summed E-state index contributed by atoms with van der Waals surface area (Å²) in [5, 5.41) is 0.426. The Kier molecular flexibility index (Phi) is 7.15. The van der Waals surface area contributed by atoms with E-state index < -0.39 is 43.1 Å². The van der Waals surface area contributed by atoms with Crippen LogP contribution in [0.4, 0.5) is 26.3 Å². The van der Waals surface area contributed by atoms with E-state index in [1.54, 1.807) is 32.0 Å². The standard InChI is InChI=1S/C17H13F6OP.Li.H/c1-9-6-7-10(2)13(8-9)25-15(24)14-11(16(18,19)20)4-3-5-12(14)17(21,22)23;;/h3-8,25H,1-2H3;;/q;+1;-1. The molecule has 0 aromatic heterocycles. The molecule has 2 rings (SSSR count). The van der Waals surface area contributed by atoms with E-state index in [1.165, 1.54) is 0 Å². The number of hydrogen-bond donors (Lipinski definition) is 0. The van der Waals surface area contributed by atoms with Crippen LogP contribution in [0.3, 0.4) is 0 Å². The van der Waals surface area contributed by atoms with Crippen LogP contribution in [-0.4, -0.2) is 5.52 Å². The van der Waals surface area contributed by atoms with Crippen molar-refractivity contribution in [1.82, 2.24) is 0 Å². The molecule has 0 amide bonds. The van der Waals surface area contributed by atoms with Gasteiger partial charge in [-0.2, -0.15) is 26.3 Å². The predicted octanol–water partition coefficient (Wildman–Crippen LogP) is 2.60. The second-order valence-electron chi connectivity index (χ2n) is 5.50. The number of hydrogen-bond acceptors (Lipinski definition) is 1. The minimum Gasteiger partial charge on any atom is -1.00 e. The van der Waals surface area contributed by atoms with Crippen molar-refractivity contribution in [2.75, 3.05) is 0 Å². The summed E-state index contributed by atoms with van der Waals surface area (Å²) in [5.41, 5.74) is -4.23. The minimum atomic E-state index is -5.06. The molecule has 0 radical (unpaired) electrons. The van der Waals surface area contributed by atoms with Gasteiger partial charge in [0.1, 0.15) is 0 Å². The van der Waals surface area contributed by atoms with Gasteiger partial charge in [0.15, 0.2) is 5.52 Å². The Morgan fingerprint density at radius 1 is 0.923 bits per heavy atom. The van der Waals surface area contributed by atoms with Crippen LogP contribution >= 0.6 is 8.58 Å². The average molecular weight is 386 g/mol. The third-order valence-electron chi connectivity index (χ3n) is 3.54. The molecule has 2 aromatic carbocycles. The number of carbonyl (C=O) groups excluding carboxylic acids is 1. The summed E-state index contributed by atoms with van der Waals surface area (Å²) < 4.78 is 78.9. The molecular formula is C17H14F6LiOP. The van der Waals surface area contributed by atoms with Crippen molar-refractivity contribution in [3.05, 3.63) is 64.2 Å². The van der Waals surface area contributed by atoms with Crippen molar-refractivity contribution in [1.29, 1.82) is 0 Å². The first kappa shape index (κ1) is 22.8. The topological polar surface area (TPSA) is 17.1 Å². The first-order chi connectivity index (χ1) is 11.4. The summed E-state index contributed by atoms with van der Waals surface area (Å²) >= 11 is 0. The quantitative estimate of drug-likeness (QED) is 0.451. The monoisotopic (exact) mass is 386 g/mol. The van der Waals surface area contributed by atoms with E-state index >= 15 is 0 Å². The van der Waals surface area contributed by atoms with Crippen molar-refractivity contribution < 1.29 is 51.4 Å². The molecule has 0 saturated carbocycles. The second kappa shape index (κ2) is 8.17. The van der Waals surface area contributed by atoms with Gasteiger partial charge in [0, 0.05) is 5.56 Å². The molecule has 1 unspecified atom stereocenters. The van der Waals surface area contributed by atoms with Crippen LogP contribution in [0.1, 0.15) is 34.0 Å². The van der Waals surface area contributed by atoms with E-state index in [0.29, 0.717) is 29.1 Å². The molecule has 2 aromatic rings. The number of rotatable bonds is 3. The Bertz CT molecular complexity index is 788. The van der Waals surface area contributed by atoms with Gasteiger partial charge in [-0.15, -0.1) is 0 Å². The third kappa shape index (κ3) is 5.13. The van der Waals surface area contributed by atoms with Crippen LogP contribution in [0.5, 0.6) is 0 Å². The Morgan fingerprint density at radius 2 is 1.42 bits per heavy atom. The molecular weight excluding hydrogens is 372 g/mol. The van der Waals surface area contributed by atoms with E-state index in [4.69, 9.17) is 0 Å². The number of halogens is 6. The average Bonchev–Trinajstić information content (AvgIpc) is 2.48. The van der Waals surface area contributed by atoms with Crippen molar-refractivity contribution in [2.24, 2.45) is 0 Å². The molecule has 1 nitrogen and oxygen atoms in total. The molecule has 0 saturated heterocycles. The third-order valence-corrected chi connectivity index (χ3v) is 4.83. The molecule has 26 heavy (non-hydrogen) atoms. The van der Waals surface area contributed by atoms with E-state index in [2.05, 4.69) is 0 Å². The van der Waals surface area contributed by atoms with Gasteiger partial charge in [0.05, 0.1) is 11.1 Å². The van der Waals surface area contributed by atoms with E-state index in [-0.39, 0.29) is 20.3 Å². The van der Waals surface area contributed by atoms with Gasteiger partial charge in [0.2, 0.25) is 0 Å². The molecule has 0 N–H and O–H groups in total. The number of carbonyl (C=O) groups is 1. The molecule has 136 valence electrons. The van der Waals surface area contributed by atoms with Crippen LogP contribution in [0.15, 0.2) is 36.4 Å². The maximum absolute atomic E-state index is 13.1. The summed E-state index contributed by atoms with van der Waals surface area (Å²) in [6.07, 6.45) is -10.1. The zero-order valence-electron chi connectivity index (χ0n) is 15.1. The van der Waals surface area contributed by atoms with Crippen molar-refractivity contribution in [3.8, 4) is 0 Å². The van der Waals surface area contributed by atoms with Gasteiger partial charge in [-0.05, 0) is 45.4 Å². The van der Waals surface area contributed by atoms with E-state index in [1.807, 2.05) is 0 Å². The molecule has 0 aliphatic rings.